The van der Waals surface area contributed by atoms with Crippen molar-refractivity contribution in [3.05, 3.63) is 18.0 Å². The van der Waals surface area contributed by atoms with E-state index in [1.54, 1.807) is 4.68 Å². The number of hydrogen-bond acceptors (Lipinski definition) is 3. The maximum Gasteiger partial charge on any atom is 0.0720 e. The Kier molecular flexibility index (Phi) is 4.62. The highest BCUT2D eigenvalue weighted by Crippen LogP contribution is 1.98. The molecule has 0 radical (unpaired) electrons. The molecule has 1 aromatic heterocycles. The van der Waals surface area contributed by atoms with Crippen molar-refractivity contribution in [3.8, 4) is 0 Å². The predicted octanol–water partition coefficient (Wildman–Crippen LogP) is 0.323. The third kappa shape index (κ3) is 3.89. The molecule has 80 valence electrons. The largest absolute Gasteiger partial charge is 0.391 e. The summed E-state index contributed by atoms with van der Waals surface area (Å²) < 4.78 is 1.75. The molecule has 0 saturated carbocycles. The molecule has 14 heavy (non-hydrogen) atoms. The van der Waals surface area contributed by atoms with Gasteiger partial charge in [-0.25, -0.2) is 0 Å². The van der Waals surface area contributed by atoms with E-state index in [1.165, 1.54) is 0 Å². The molecule has 2 N–H and O–H groups in total. The van der Waals surface area contributed by atoms with Crippen LogP contribution in [0.1, 0.15) is 19.0 Å². The topological polar surface area (TPSA) is 50.1 Å². The van der Waals surface area contributed by atoms with Gasteiger partial charge in [-0.1, -0.05) is 6.92 Å². The SMILES string of the molecule is CCCNCC(O)Cc1ccn(C)n1. The van der Waals surface area contributed by atoms with E-state index in [0.717, 1.165) is 18.7 Å². The first-order valence-electron chi connectivity index (χ1n) is 5.09. The molecule has 0 spiro atoms. The van der Waals surface area contributed by atoms with E-state index in [1.807, 2.05) is 19.3 Å². The van der Waals surface area contributed by atoms with Gasteiger partial charge in [-0.05, 0) is 19.0 Å². The van der Waals surface area contributed by atoms with Crippen LogP contribution in [0.2, 0.25) is 0 Å². The van der Waals surface area contributed by atoms with Crippen LogP contribution in [0.3, 0.4) is 0 Å². The van der Waals surface area contributed by atoms with Crippen LogP contribution in [0, 0.1) is 0 Å². The van der Waals surface area contributed by atoms with Crippen LogP contribution in [0.5, 0.6) is 0 Å². The lowest BCUT2D eigenvalue weighted by Gasteiger charge is -2.09. The summed E-state index contributed by atoms with van der Waals surface area (Å²) in [6, 6.07) is 1.93. The minimum atomic E-state index is -0.337. The molecule has 0 aliphatic heterocycles. The molecule has 0 aliphatic carbocycles. The average Bonchev–Trinajstić information content (AvgIpc) is 2.52. The number of nitrogens with one attached hydrogen (secondary N) is 1. The molecular weight excluding hydrogens is 178 g/mol. The van der Waals surface area contributed by atoms with Gasteiger partial charge in [-0.15, -0.1) is 0 Å². The van der Waals surface area contributed by atoms with Gasteiger partial charge >= 0.3 is 0 Å². The van der Waals surface area contributed by atoms with Gasteiger partial charge in [0.1, 0.15) is 0 Å². The molecule has 1 aromatic rings. The minimum Gasteiger partial charge on any atom is -0.391 e. The number of aliphatic hydroxyl groups excluding tert-OH is 1. The number of aliphatic hydroxyl groups is 1. The lowest BCUT2D eigenvalue weighted by atomic mass is 10.2. The monoisotopic (exact) mass is 197 g/mol. The fourth-order valence-corrected chi connectivity index (χ4v) is 1.33. The highest BCUT2D eigenvalue weighted by Gasteiger charge is 2.06. The van der Waals surface area contributed by atoms with Crippen molar-refractivity contribution in [3.63, 3.8) is 0 Å². The first-order chi connectivity index (χ1) is 6.72. The van der Waals surface area contributed by atoms with E-state index in [2.05, 4.69) is 17.3 Å². The number of rotatable bonds is 6. The van der Waals surface area contributed by atoms with Crippen LogP contribution in [-0.2, 0) is 13.5 Å². The quantitative estimate of drug-likeness (QED) is 0.646. The van der Waals surface area contributed by atoms with Gasteiger partial charge in [0.15, 0.2) is 0 Å². The summed E-state index contributed by atoms with van der Waals surface area (Å²) in [5, 5.41) is 17.0. The van der Waals surface area contributed by atoms with Crippen LogP contribution in [0.15, 0.2) is 12.3 Å². The fourth-order valence-electron chi connectivity index (χ4n) is 1.33. The highest BCUT2D eigenvalue weighted by molar-refractivity contribution is 5.00. The number of aryl methyl sites for hydroxylation is 1. The lowest BCUT2D eigenvalue weighted by Crippen LogP contribution is -2.29. The average molecular weight is 197 g/mol. The number of hydrogen-bond donors (Lipinski definition) is 2. The Hall–Kier alpha value is -0.870. The second-order valence-electron chi connectivity index (χ2n) is 3.54. The molecule has 4 heteroatoms. The van der Waals surface area contributed by atoms with Crippen molar-refractivity contribution in [1.82, 2.24) is 15.1 Å². The number of aromatic nitrogens is 2. The van der Waals surface area contributed by atoms with E-state index < -0.39 is 0 Å². The first kappa shape index (κ1) is 11.2. The third-order valence-electron chi connectivity index (χ3n) is 2.02. The molecule has 4 nitrogen and oxygen atoms in total. The molecule has 1 atom stereocenters. The summed E-state index contributed by atoms with van der Waals surface area (Å²) in [7, 11) is 1.88. The van der Waals surface area contributed by atoms with Crippen LogP contribution < -0.4 is 5.32 Å². The van der Waals surface area contributed by atoms with Gasteiger partial charge in [0.2, 0.25) is 0 Å². The van der Waals surface area contributed by atoms with Crippen molar-refractivity contribution in [1.29, 1.82) is 0 Å². The molecule has 0 saturated heterocycles. The Balaban J connectivity index is 2.23. The van der Waals surface area contributed by atoms with E-state index in [9.17, 15) is 5.11 Å². The van der Waals surface area contributed by atoms with E-state index in [0.29, 0.717) is 13.0 Å². The van der Waals surface area contributed by atoms with Gasteiger partial charge < -0.3 is 10.4 Å². The second-order valence-corrected chi connectivity index (χ2v) is 3.54. The molecule has 1 heterocycles. The molecule has 1 unspecified atom stereocenters. The highest BCUT2D eigenvalue weighted by atomic mass is 16.3. The van der Waals surface area contributed by atoms with Gasteiger partial charge in [-0.3, -0.25) is 4.68 Å². The van der Waals surface area contributed by atoms with Crippen LogP contribution in [0.4, 0.5) is 0 Å². The minimum absolute atomic E-state index is 0.337. The zero-order valence-corrected chi connectivity index (χ0v) is 8.90. The second kappa shape index (κ2) is 5.78. The lowest BCUT2D eigenvalue weighted by molar-refractivity contribution is 0.171. The zero-order chi connectivity index (χ0) is 10.4. The van der Waals surface area contributed by atoms with Crippen LogP contribution in [-0.4, -0.2) is 34.1 Å². The summed E-state index contributed by atoms with van der Waals surface area (Å²) in [5.74, 6) is 0. The van der Waals surface area contributed by atoms with Crippen molar-refractivity contribution in [2.45, 2.75) is 25.9 Å². The molecular formula is C10H19N3O. The maximum absolute atomic E-state index is 9.63. The predicted molar refractivity (Wildman–Crippen MR) is 56.1 cm³/mol. The smallest absolute Gasteiger partial charge is 0.0720 e. The Morgan fingerprint density at radius 3 is 3.00 bits per heavy atom. The first-order valence-corrected chi connectivity index (χ1v) is 5.09. The molecule has 0 fully saturated rings. The van der Waals surface area contributed by atoms with E-state index in [4.69, 9.17) is 0 Å². The normalized spacial score (nSPS) is 13.1. The number of nitrogens with zero attached hydrogens (tertiary/aromatic N) is 2. The van der Waals surface area contributed by atoms with E-state index in [-0.39, 0.29) is 6.10 Å². The van der Waals surface area contributed by atoms with Gasteiger partial charge in [0.05, 0.1) is 11.8 Å². The van der Waals surface area contributed by atoms with Crippen LogP contribution >= 0.6 is 0 Å². The fraction of sp³-hybridized carbons (Fsp3) is 0.700. The molecule has 0 bridgehead atoms. The van der Waals surface area contributed by atoms with Crippen molar-refractivity contribution in [2.24, 2.45) is 7.05 Å². The van der Waals surface area contributed by atoms with Gasteiger partial charge in [0, 0.05) is 26.2 Å². The Bertz CT molecular complexity index is 260. The summed E-state index contributed by atoms with van der Waals surface area (Å²) in [6.45, 7) is 3.71. The Labute approximate surface area is 84.9 Å². The van der Waals surface area contributed by atoms with Crippen molar-refractivity contribution in [2.75, 3.05) is 13.1 Å². The summed E-state index contributed by atoms with van der Waals surface area (Å²) in [6.07, 6.45) is 3.27. The summed E-state index contributed by atoms with van der Waals surface area (Å²) in [5.41, 5.74) is 0.943. The Morgan fingerprint density at radius 2 is 2.43 bits per heavy atom. The van der Waals surface area contributed by atoms with Crippen LogP contribution in [0.25, 0.3) is 0 Å². The van der Waals surface area contributed by atoms with Gasteiger partial charge in [0.25, 0.3) is 0 Å². The van der Waals surface area contributed by atoms with Crippen molar-refractivity contribution < 1.29 is 5.11 Å². The standard InChI is InChI=1S/C10H19N3O/c1-3-5-11-8-10(14)7-9-4-6-13(2)12-9/h4,6,10-11,14H,3,5,7-8H2,1-2H3. The Morgan fingerprint density at radius 1 is 1.64 bits per heavy atom. The molecule has 0 amide bonds. The van der Waals surface area contributed by atoms with E-state index >= 15 is 0 Å². The molecule has 0 aliphatic rings. The van der Waals surface area contributed by atoms with Gasteiger partial charge in [-0.2, -0.15) is 5.10 Å². The summed E-state index contributed by atoms with van der Waals surface area (Å²) in [4.78, 5) is 0. The third-order valence-corrected chi connectivity index (χ3v) is 2.02. The van der Waals surface area contributed by atoms with Crippen molar-refractivity contribution >= 4 is 0 Å². The summed E-state index contributed by atoms with van der Waals surface area (Å²) >= 11 is 0. The molecule has 0 aromatic carbocycles. The maximum atomic E-state index is 9.63. The molecule has 1 rings (SSSR count). The zero-order valence-electron chi connectivity index (χ0n) is 8.90.